The van der Waals surface area contributed by atoms with Crippen LogP contribution in [0.4, 0.5) is 8.78 Å². The minimum Gasteiger partial charge on any atom is -0.352 e. The van der Waals surface area contributed by atoms with Crippen molar-refractivity contribution < 1.29 is 13.6 Å². The first kappa shape index (κ1) is 13.0. The molecular weight excluding hydrogens is 236 g/mol. The van der Waals surface area contributed by atoms with Gasteiger partial charge in [-0.25, -0.2) is 8.78 Å². The van der Waals surface area contributed by atoms with E-state index in [9.17, 15) is 13.6 Å². The summed E-state index contributed by atoms with van der Waals surface area (Å²) in [6, 6.07) is 9.31. The minimum absolute atomic E-state index is 0.170. The molecule has 1 aliphatic carbocycles. The van der Waals surface area contributed by atoms with Crippen molar-refractivity contribution in [2.24, 2.45) is 5.92 Å². The number of rotatable bonds is 3. The molecule has 1 atom stereocenters. The van der Waals surface area contributed by atoms with Crippen LogP contribution in [-0.4, -0.2) is 11.8 Å². The second kappa shape index (κ2) is 5.46. The van der Waals surface area contributed by atoms with Gasteiger partial charge in [0, 0.05) is 13.0 Å². The molecule has 1 aromatic rings. The van der Waals surface area contributed by atoms with Gasteiger partial charge in [0.2, 0.25) is 5.91 Å². The zero-order valence-electron chi connectivity index (χ0n) is 10.2. The number of hydrogen-bond donors (Lipinski definition) is 1. The van der Waals surface area contributed by atoms with Crippen molar-refractivity contribution in [2.45, 2.75) is 38.2 Å². The molecule has 1 N–H and O–H groups in total. The van der Waals surface area contributed by atoms with Crippen LogP contribution in [0.1, 0.15) is 31.2 Å². The fourth-order valence-corrected chi connectivity index (χ4v) is 2.33. The molecule has 0 radical (unpaired) electrons. The molecule has 2 nitrogen and oxygen atoms in total. The minimum atomic E-state index is -2.85. The number of carbonyl (C=O) groups is 1. The van der Waals surface area contributed by atoms with E-state index in [-0.39, 0.29) is 12.8 Å². The number of halogens is 2. The van der Waals surface area contributed by atoms with Crippen molar-refractivity contribution in [3.05, 3.63) is 35.9 Å². The highest BCUT2D eigenvalue weighted by Gasteiger charge is 2.45. The van der Waals surface area contributed by atoms with Gasteiger partial charge in [-0.15, -0.1) is 0 Å². The van der Waals surface area contributed by atoms with E-state index in [1.807, 2.05) is 30.3 Å². The highest BCUT2D eigenvalue weighted by atomic mass is 19.3. The Kier molecular flexibility index (Phi) is 3.94. The Balaban J connectivity index is 1.91. The molecule has 1 aromatic carbocycles. The molecule has 1 unspecified atom stereocenters. The molecule has 98 valence electrons. The number of amides is 1. The van der Waals surface area contributed by atoms with Gasteiger partial charge in [-0.1, -0.05) is 36.8 Å². The molecule has 18 heavy (non-hydrogen) atoms. The third-order valence-corrected chi connectivity index (χ3v) is 3.39. The van der Waals surface area contributed by atoms with Crippen LogP contribution in [0.25, 0.3) is 0 Å². The Labute approximate surface area is 105 Å². The quantitative estimate of drug-likeness (QED) is 0.881. The van der Waals surface area contributed by atoms with Crippen LogP contribution in [0.15, 0.2) is 30.3 Å². The van der Waals surface area contributed by atoms with Gasteiger partial charge in [0.25, 0.3) is 5.92 Å². The van der Waals surface area contributed by atoms with Crippen LogP contribution in [0.5, 0.6) is 0 Å². The number of carbonyl (C=O) groups excluding carboxylic acids is 1. The number of hydrogen-bond acceptors (Lipinski definition) is 1. The first-order chi connectivity index (χ1) is 8.59. The van der Waals surface area contributed by atoms with Gasteiger partial charge in [0.1, 0.15) is 5.92 Å². The number of benzene rings is 1. The van der Waals surface area contributed by atoms with E-state index in [4.69, 9.17) is 0 Å². The van der Waals surface area contributed by atoms with Crippen molar-refractivity contribution in [3.8, 4) is 0 Å². The summed E-state index contributed by atoms with van der Waals surface area (Å²) in [7, 11) is 0. The molecule has 0 bridgehead atoms. The lowest BCUT2D eigenvalue weighted by atomic mass is 9.85. The van der Waals surface area contributed by atoms with E-state index in [0.29, 0.717) is 19.4 Å². The molecule has 0 spiro atoms. The van der Waals surface area contributed by atoms with Gasteiger partial charge in [0.05, 0.1) is 0 Å². The van der Waals surface area contributed by atoms with Crippen molar-refractivity contribution in [1.82, 2.24) is 5.32 Å². The summed E-state index contributed by atoms with van der Waals surface area (Å²) in [6.45, 7) is 0.312. The van der Waals surface area contributed by atoms with Gasteiger partial charge in [-0.2, -0.15) is 0 Å². The van der Waals surface area contributed by atoms with Crippen molar-refractivity contribution in [3.63, 3.8) is 0 Å². The second-order valence-corrected chi connectivity index (χ2v) is 4.76. The molecule has 0 aromatic heterocycles. The first-order valence-electron chi connectivity index (χ1n) is 6.29. The third kappa shape index (κ3) is 3.06. The van der Waals surface area contributed by atoms with E-state index in [0.717, 1.165) is 5.56 Å². The van der Waals surface area contributed by atoms with Crippen LogP contribution in [0.2, 0.25) is 0 Å². The highest BCUT2D eigenvalue weighted by molar-refractivity contribution is 5.79. The average Bonchev–Trinajstić information content (AvgIpc) is 2.37. The Hall–Kier alpha value is -1.45. The summed E-state index contributed by atoms with van der Waals surface area (Å²) >= 11 is 0. The van der Waals surface area contributed by atoms with Gasteiger partial charge in [-0.05, 0) is 18.4 Å². The lowest BCUT2D eigenvalue weighted by Gasteiger charge is -2.30. The molecule has 0 saturated heterocycles. The van der Waals surface area contributed by atoms with Crippen LogP contribution < -0.4 is 5.32 Å². The summed E-state index contributed by atoms with van der Waals surface area (Å²) in [5.74, 6) is -4.53. The van der Waals surface area contributed by atoms with E-state index in [2.05, 4.69) is 5.32 Å². The molecule has 2 rings (SSSR count). The molecule has 0 aliphatic heterocycles. The zero-order chi connectivity index (χ0) is 13.0. The Morgan fingerprint density at radius 3 is 2.67 bits per heavy atom. The van der Waals surface area contributed by atoms with Crippen molar-refractivity contribution in [1.29, 1.82) is 0 Å². The van der Waals surface area contributed by atoms with Gasteiger partial charge < -0.3 is 5.32 Å². The molecule has 1 aliphatic rings. The van der Waals surface area contributed by atoms with Crippen molar-refractivity contribution in [2.75, 3.05) is 0 Å². The lowest BCUT2D eigenvalue weighted by Crippen LogP contribution is -2.43. The summed E-state index contributed by atoms with van der Waals surface area (Å²) in [6.07, 6.45) is 1.33. The first-order valence-corrected chi connectivity index (χ1v) is 6.29. The fourth-order valence-electron chi connectivity index (χ4n) is 2.33. The van der Waals surface area contributed by atoms with Crippen LogP contribution in [-0.2, 0) is 11.3 Å². The Bertz CT molecular complexity index is 406. The maximum absolute atomic E-state index is 13.6. The van der Waals surface area contributed by atoms with Crippen LogP contribution in [0.3, 0.4) is 0 Å². The lowest BCUT2D eigenvalue weighted by molar-refractivity contribution is -0.145. The maximum Gasteiger partial charge on any atom is 0.259 e. The molecule has 1 saturated carbocycles. The second-order valence-electron chi connectivity index (χ2n) is 4.76. The largest absolute Gasteiger partial charge is 0.352 e. The molecule has 1 amide bonds. The molecule has 4 heteroatoms. The normalized spacial score (nSPS) is 22.4. The predicted octanol–water partition coefficient (Wildman–Crippen LogP) is 3.13. The fraction of sp³-hybridized carbons (Fsp3) is 0.500. The van der Waals surface area contributed by atoms with Crippen LogP contribution >= 0.6 is 0 Å². The maximum atomic E-state index is 13.6. The zero-order valence-corrected chi connectivity index (χ0v) is 10.2. The molecule has 1 fully saturated rings. The smallest absolute Gasteiger partial charge is 0.259 e. The summed E-state index contributed by atoms with van der Waals surface area (Å²) in [5, 5.41) is 2.61. The van der Waals surface area contributed by atoms with E-state index in [1.165, 1.54) is 0 Å². The third-order valence-electron chi connectivity index (χ3n) is 3.39. The topological polar surface area (TPSA) is 29.1 Å². The number of nitrogens with one attached hydrogen (secondary N) is 1. The van der Waals surface area contributed by atoms with Gasteiger partial charge >= 0.3 is 0 Å². The van der Waals surface area contributed by atoms with Gasteiger partial charge in [-0.3, -0.25) is 4.79 Å². The predicted molar refractivity (Wildman–Crippen MR) is 65.2 cm³/mol. The SMILES string of the molecule is O=C(NCc1ccccc1)C1CCCCC1(F)F. The van der Waals surface area contributed by atoms with Gasteiger partial charge in [0.15, 0.2) is 0 Å². The Morgan fingerprint density at radius 1 is 1.28 bits per heavy atom. The van der Waals surface area contributed by atoms with Crippen LogP contribution in [0, 0.1) is 5.92 Å². The molecule has 0 heterocycles. The molecular formula is C14H17F2NO. The standard InChI is InChI=1S/C14H17F2NO/c15-14(16)9-5-4-8-12(14)13(18)17-10-11-6-2-1-3-7-11/h1-3,6-7,12H,4-5,8-10H2,(H,17,18). The summed E-state index contributed by atoms with van der Waals surface area (Å²) in [4.78, 5) is 11.8. The summed E-state index contributed by atoms with van der Waals surface area (Å²) < 4.78 is 27.2. The average molecular weight is 253 g/mol. The summed E-state index contributed by atoms with van der Waals surface area (Å²) in [5.41, 5.74) is 0.921. The number of alkyl halides is 2. The monoisotopic (exact) mass is 253 g/mol. The Morgan fingerprint density at radius 2 is 2.00 bits per heavy atom. The van der Waals surface area contributed by atoms with E-state index in [1.54, 1.807) is 0 Å². The van der Waals surface area contributed by atoms with E-state index >= 15 is 0 Å². The highest BCUT2D eigenvalue weighted by Crippen LogP contribution is 2.38. The van der Waals surface area contributed by atoms with E-state index < -0.39 is 17.7 Å². The van der Waals surface area contributed by atoms with Crippen molar-refractivity contribution >= 4 is 5.91 Å².